The summed E-state index contributed by atoms with van der Waals surface area (Å²) in [5.41, 5.74) is 0. The predicted molar refractivity (Wildman–Crippen MR) is 207 cm³/mol. The standard InChI is InChI=1S/C41H85N3O4/c1-4-6-8-10-12-14-16-18-20-22-24-28-35-46-38-40(47-36-29-25-23-21-19-17-15-13-11-9-7-5-2)39-48-41(45)37-44-33-27-26-32-43-34-30-31-42-3/h40,42-44H,4-39H2,1-3H3. The van der Waals surface area contributed by atoms with Gasteiger partial charge in [0.15, 0.2) is 0 Å². The van der Waals surface area contributed by atoms with Gasteiger partial charge in [-0.15, -0.1) is 0 Å². The van der Waals surface area contributed by atoms with Gasteiger partial charge in [-0.3, -0.25) is 4.79 Å². The molecule has 48 heavy (non-hydrogen) atoms. The lowest BCUT2D eigenvalue weighted by Gasteiger charge is -2.18. The molecule has 0 aliphatic heterocycles. The highest BCUT2D eigenvalue weighted by Gasteiger charge is 2.13. The summed E-state index contributed by atoms with van der Waals surface area (Å²) < 4.78 is 17.8. The number of ether oxygens (including phenoxy) is 3. The fourth-order valence-electron chi connectivity index (χ4n) is 6.04. The van der Waals surface area contributed by atoms with E-state index in [2.05, 4.69) is 29.8 Å². The van der Waals surface area contributed by atoms with Crippen molar-refractivity contribution < 1.29 is 19.0 Å². The molecule has 0 saturated heterocycles. The minimum absolute atomic E-state index is 0.187. The lowest BCUT2D eigenvalue weighted by Crippen LogP contribution is -2.32. The lowest BCUT2D eigenvalue weighted by molar-refractivity contribution is -0.148. The van der Waals surface area contributed by atoms with Crippen molar-refractivity contribution in [2.45, 2.75) is 193 Å². The molecule has 0 aromatic rings. The first-order valence-electron chi connectivity index (χ1n) is 21.2. The first kappa shape index (κ1) is 47.3. The number of unbranched alkanes of at least 4 members (excludes halogenated alkanes) is 23. The molecule has 0 aromatic carbocycles. The van der Waals surface area contributed by atoms with Crippen LogP contribution in [0, 0.1) is 0 Å². The van der Waals surface area contributed by atoms with Crippen LogP contribution in [0.1, 0.15) is 187 Å². The van der Waals surface area contributed by atoms with Gasteiger partial charge in [-0.05, 0) is 65.3 Å². The minimum atomic E-state index is -0.208. The summed E-state index contributed by atoms with van der Waals surface area (Å²) in [4.78, 5) is 12.4. The Morgan fingerprint density at radius 2 is 0.917 bits per heavy atom. The summed E-state index contributed by atoms with van der Waals surface area (Å²) in [6, 6.07) is 0. The van der Waals surface area contributed by atoms with Crippen molar-refractivity contribution in [1.29, 1.82) is 0 Å². The molecule has 0 fully saturated rings. The summed E-state index contributed by atoms with van der Waals surface area (Å²) in [5, 5.41) is 9.85. The normalized spacial score (nSPS) is 12.1. The van der Waals surface area contributed by atoms with Crippen LogP contribution in [0.5, 0.6) is 0 Å². The number of rotatable bonds is 42. The zero-order valence-corrected chi connectivity index (χ0v) is 32.7. The average Bonchev–Trinajstić information content (AvgIpc) is 3.09. The second kappa shape index (κ2) is 42.4. The van der Waals surface area contributed by atoms with Gasteiger partial charge < -0.3 is 30.2 Å². The molecule has 0 aliphatic rings. The fraction of sp³-hybridized carbons (Fsp3) is 0.976. The van der Waals surface area contributed by atoms with Crippen LogP contribution in [0.4, 0.5) is 0 Å². The number of hydrogen-bond donors (Lipinski definition) is 3. The molecule has 0 rings (SSSR count). The Balaban J connectivity index is 4.05. The SMILES string of the molecule is CCCCCCCCCCCCCCOCC(COC(=O)CNCCCCNCCCNC)OCCCCCCCCCCCCCC. The zero-order chi connectivity index (χ0) is 34.9. The highest BCUT2D eigenvalue weighted by Crippen LogP contribution is 2.13. The monoisotopic (exact) mass is 684 g/mol. The molecule has 0 aromatic heterocycles. The van der Waals surface area contributed by atoms with Crippen molar-refractivity contribution >= 4 is 5.97 Å². The van der Waals surface area contributed by atoms with Crippen molar-refractivity contribution in [2.24, 2.45) is 0 Å². The molecule has 288 valence electrons. The van der Waals surface area contributed by atoms with E-state index >= 15 is 0 Å². The van der Waals surface area contributed by atoms with Crippen LogP contribution >= 0.6 is 0 Å². The van der Waals surface area contributed by atoms with Gasteiger partial charge in [-0.2, -0.15) is 0 Å². The maximum absolute atomic E-state index is 12.4. The van der Waals surface area contributed by atoms with E-state index in [1.165, 1.54) is 141 Å². The summed E-state index contributed by atoms with van der Waals surface area (Å²) in [7, 11) is 1.99. The Hall–Kier alpha value is -0.730. The second-order valence-electron chi connectivity index (χ2n) is 14.1. The largest absolute Gasteiger partial charge is 0.462 e. The molecule has 1 atom stereocenters. The number of nitrogens with one attached hydrogen (secondary N) is 3. The molecule has 0 aliphatic carbocycles. The van der Waals surface area contributed by atoms with Gasteiger partial charge in [0.05, 0.1) is 13.2 Å². The molecule has 0 saturated carbocycles. The number of esters is 1. The Labute approximate surface area is 299 Å². The average molecular weight is 684 g/mol. The molecule has 1 unspecified atom stereocenters. The van der Waals surface area contributed by atoms with Gasteiger partial charge in [0.25, 0.3) is 0 Å². The van der Waals surface area contributed by atoms with E-state index in [1.807, 2.05) is 7.05 Å². The quantitative estimate of drug-likeness (QED) is 0.0437. The molecule has 0 heterocycles. The molecule has 7 nitrogen and oxygen atoms in total. The van der Waals surface area contributed by atoms with Crippen LogP contribution in [-0.4, -0.2) is 78.3 Å². The Morgan fingerprint density at radius 1 is 0.479 bits per heavy atom. The third kappa shape index (κ3) is 39.7. The first-order valence-corrected chi connectivity index (χ1v) is 21.2. The highest BCUT2D eigenvalue weighted by molar-refractivity contribution is 5.71. The van der Waals surface area contributed by atoms with Gasteiger partial charge in [-0.1, -0.05) is 155 Å². The number of hydrogen-bond acceptors (Lipinski definition) is 7. The van der Waals surface area contributed by atoms with Gasteiger partial charge >= 0.3 is 5.97 Å². The molecular formula is C41H85N3O4. The Bertz CT molecular complexity index is 610. The number of carbonyl (C=O) groups excluding carboxylic acids is 1. The second-order valence-corrected chi connectivity index (χ2v) is 14.1. The number of carbonyl (C=O) groups is 1. The van der Waals surface area contributed by atoms with E-state index in [0.717, 1.165) is 64.9 Å². The molecule has 3 N–H and O–H groups in total. The topological polar surface area (TPSA) is 80.9 Å². The maximum Gasteiger partial charge on any atom is 0.320 e. The molecule has 0 amide bonds. The van der Waals surface area contributed by atoms with Crippen LogP contribution in [0.25, 0.3) is 0 Å². The lowest BCUT2D eigenvalue weighted by atomic mass is 10.1. The van der Waals surface area contributed by atoms with Crippen LogP contribution < -0.4 is 16.0 Å². The van der Waals surface area contributed by atoms with E-state index in [4.69, 9.17) is 14.2 Å². The van der Waals surface area contributed by atoms with Crippen molar-refractivity contribution in [1.82, 2.24) is 16.0 Å². The van der Waals surface area contributed by atoms with Crippen LogP contribution in [0.2, 0.25) is 0 Å². The molecule has 7 heteroatoms. The molecule has 0 radical (unpaired) electrons. The van der Waals surface area contributed by atoms with Crippen LogP contribution in [0.15, 0.2) is 0 Å². The first-order chi connectivity index (χ1) is 23.7. The summed E-state index contributed by atoms with van der Waals surface area (Å²) in [5.74, 6) is -0.208. The minimum Gasteiger partial charge on any atom is -0.462 e. The third-order valence-electron chi connectivity index (χ3n) is 9.23. The van der Waals surface area contributed by atoms with Gasteiger partial charge in [0.1, 0.15) is 12.7 Å². The van der Waals surface area contributed by atoms with Crippen LogP contribution in [-0.2, 0) is 19.0 Å². The van der Waals surface area contributed by atoms with E-state index in [0.29, 0.717) is 13.2 Å². The van der Waals surface area contributed by atoms with E-state index in [1.54, 1.807) is 0 Å². The van der Waals surface area contributed by atoms with Crippen molar-refractivity contribution in [3.05, 3.63) is 0 Å². The smallest absolute Gasteiger partial charge is 0.320 e. The van der Waals surface area contributed by atoms with Gasteiger partial charge in [0, 0.05) is 13.2 Å². The zero-order valence-electron chi connectivity index (χ0n) is 32.7. The molecule has 0 bridgehead atoms. The summed E-state index contributed by atoms with van der Waals surface area (Å²) in [6.45, 7) is 11.0. The summed E-state index contributed by atoms with van der Waals surface area (Å²) >= 11 is 0. The van der Waals surface area contributed by atoms with E-state index < -0.39 is 0 Å². The van der Waals surface area contributed by atoms with E-state index in [-0.39, 0.29) is 25.2 Å². The summed E-state index contributed by atoms with van der Waals surface area (Å²) in [6.07, 6.45) is 35.2. The van der Waals surface area contributed by atoms with Crippen molar-refractivity contribution in [2.75, 3.05) is 66.2 Å². The predicted octanol–water partition coefficient (Wildman–Crippen LogP) is 9.90. The highest BCUT2D eigenvalue weighted by atomic mass is 16.6. The van der Waals surface area contributed by atoms with Gasteiger partial charge in [0.2, 0.25) is 0 Å². The molecular weight excluding hydrogens is 598 g/mol. The van der Waals surface area contributed by atoms with Crippen molar-refractivity contribution in [3.8, 4) is 0 Å². The Kier molecular flexibility index (Phi) is 41.8. The van der Waals surface area contributed by atoms with Gasteiger partial charge in [-0.25, -0.2) is 0 Å². The third-order valence-corrected chi connectivity index (χ3v) is 9.23. The van der Waals surface area contributed by atoms with E-state index in [9.17, 15) is 4.79 Å². The van der Waals surface area contributed by atoms with Crippen LogP contribution in [0.3, 0.4) is 0 Å². The fourth-order valence-corrected chi connectivity index (χ4v) is 6.04. The van der Waals surface area contributed by atoms with Crippen molar-refractivity contribution in [3.63, 3.8) is 0 Å². The Morgan fingerprint density at radius 3 is 1.42 bits per heavy atom. The molecule has 0 spiro atoms. The maximum atomic E-state index is 12.4.